The van der Waals surface area contributed by atoms with Gasteiger partial charge in [-0.1, -0.05) is 30.3 Å². The summed E-state index contributed by atoms with van der Waals surface area (Å²) in [7, 11) is 1.53. The summed E-state index contributed by atoms with van der Waals surface area (Å²) in [6.07, 6.45) is -3.57. The van der Waals surface area contributed by atoms with Crippen LogP contribution in [0.25, 0.3) is 0 Å². The number of nitrogens with one attached hydrogen (secondary N) is 1. The molecule has 1 aromatic rings. The minimum absolute atomic E-state index is 0.100. The number of halogens is 4. The number of hydrogen-bond acceptors (Lipinski definition) is 2. The molecule has 4 nitrogen and oxygen atoms in total. The molecule has 0 bridgehead atoms. The van der Waals surface area contributed by atoms with Crippen LogP contribution < -0.4 is 5.32 Å². The minimum Gasteiger partial charge on any atom is -0.349 e. The zero-order valence-electron chi connectivity index (χ0n) is 13.0. The van der Waals surface area contributed by atoms with Gasteiger partial charge in [0.25, 0.3) is 0 Å². The molecule has 1 saturated heterocycles. The molecule has 132 valence electrons. The molecule has 24 heavy (non-hydrogen) atoms. The fourth-order valence-electron chi connectivity index (χ4n) is 2.83. The van der Waals surface area contributed by atoms with Crippen molar-refractivity contribution in [3.05, 3.63) is 35.9 Å². The summed E-state index contributed by atoms with van der Waals surface area (Å²) in [5.41, 5.74) is 0.689. The first-order valence-corrected chi connectivity index (χ1v) is 7.48. The van der Waals surface area contributed by atoms with Crippen molar-refractivity contribution in [2.45, 2.75) is 31.2 Å². The molecule has 1 heterocycles. The van der Waals surface area contributed by atoms with Crippen molar-refractivity contribution in [3.63, 3.8) is 0 Å². The number of likely N-dealkylation sites (tertiary alicyclic amines) is 1. The minimum atomic E-state index is -4.28. The largest absolute Gasteiger partial charge is 0.349 e. The van der Waals surface area contributed by atoms with Crippen molar-refractivity contribution in [1.82, 2.24) is 10.2 Å². The van der Waals surface area contributed by atoms with Gasteiger partial charge in [0.05, 0.1) is 18.5 Å². The highest BCUT2D eigenvalue weighted by atomic mass is 19.3. The van der Waals surface area contributed by atoms with Gasteiger partial charge in [-0.05, 0) is 12.0 Å². The lowest BCUT2D eigenvalue weighted by Gasteiger charge is -2.38. The molecule has 1 aromatic carbocycles. The van der Waals surface area contributed by atoms with Crippen LogP contribution in [-0.4, -0.2) is 42.7 Å². The Morgan fingerprint density at radius 1 is 1.33 bits per heavy atom. The van der Waals surface area contributed by atoms with Gasteiger partial charge < -0.3 is 10.2 Å². The Hall–Kier alpha value is -2.12. The maximum Gasteiger partial charge on any atom is 0.324 e. The van der Waals surface area contributed by atoms with E-state index in [0.717, 1.165) is 0 Å². The van der Waals surface area contributed by atoms with Crippen LogP contribution in [0, 0.1) is 5.92 Å². The van der Waals surface area contributed by atoms with Crippen LogP contribution in [0.4, 0.5) is 17.6 Å². The van der Waals surface area contributed by atoms with Crippen molar-refractivity contribution in [1.29, 1.82) is 0 Å². The molecule has 8 heteroatoms. The summed E-state index contributed by atoms with van der Waals surface area (Å²) in [4.78, 5) is 25.6. The monoisotopic (exact) mass is 346 g/mol. The lowest BCUT2D eigenvalue weighted by atomic mass is 9.84. The van der Waals surface area contributed by atoms with Crippen molar-refractivity contribution in [3.8, 4) is 0 Å². The Kier molecular flexibility index (Phi) is 5.46. The number of carbonyl (C=O) groups excluding carboxylic acids is 2. The number of benzene rings is 1. The van der Waals surface area contributed by atoms with Crippen LogP contribution >= 0.6 is 0 Å². The molecule has 0 spiro atoms. The molecule has 2 atom stereocenters. The van der Waals surface area contributed by atoms with E-state index < -0.39 is 36.8 Å². The maximum atomic E-state index is 13.0. The van der Waals surface area contributed by atoms with E-state index in [1.807, 2.05) is 5.32 Å². The van der Waals surface area contributed by atoms with Gasteiger partial charge in [-0.2, -0.15) is 8.78 Å². The topological polar surface area (TPSA) is 49.4 Å². The van der Waals surface area contributed by atoms with Crippen LogP contribution in [-0.2, 0) is 9.59 Å². The van der Waals surface area contributed by atoms with Crippen molar-refractivity contribution >= 4 is 11.8 Å². The third kappa shape index (κ3) is 3.85. The van der Waals surface area contributed by atoms with Gasteiger partial charge in [0, 0.05) is 13.5 Å². The number of hydrogen-bond donors (Lipinski definition) is 1. The fraction of sp³-hybridized carbons (Fsp3) is 0.500. The molecule has 0 aliphatic carbocycles. The van der Waals surface area contributed by atoms with Gasteiger partial charge in [-0.15, -0.1) is 0 Å². The van der Waals surface area contributed by atoms with E-state index in [1.165, 1.54) is 11.9 Å². The lowest BCUT2D eigenvalue weighted by molar-refractivity contribution is -0.146. The molecule has 2 amide bonds. The van der Waals surface area contributed by atoms with E-state index in [1.54, 1.807) is 30.3 Å². The van der Waals surface area contributed by atoms with Gasteiger partial charge in [0.15, 0.2) is 0 Å². The second-order valence-corrected chi connectivity index (χ2v) is 5.78. The Balaban J connectivity index is 2.17. The molecular formula is C16H18F4N2O2. The number of rotatable bonds is 5. The van der Waals surface area contributed by atoms with E-state index in [2.05, 4.69) is 0 Å². The second kappa shape index (κ2) is 7.19. The molecule has 0 unspecified atom stereocenters. The Bertz CT molecular complexity index is 595. The fourth-order valence-corrected chi connectivity index (χ4v) is 2.83. The van der Waals surface area contributed by atoms with Gasteiger partial charge in [-0.25, -0.2) is 8.78 Å². The van der Waals surface area contributed by atoms with Crippen LogP contribution in [0.1, 0.15) is 24.4 Å². The molecule has 0 saturated carbocycles. The Labute approximate surface area is 136 Å². The molecule has 1 N–H and O–H groups in total. The predicted octanol–water partition coefficient (Wildman–Crippen LogP) is 2.61. The summed E-state index contributed by atoms with van der Waals surface area (Å²) >= 11 is 0. The van der Waals surface area contributed by atoms with Crippen LogP contribution in [0.3, 0.4) is 0 Å². The maximum absolute atomic E-state index is 13.0. The first kappa shape index (κ1) is 18.2. The summed E-state index contributed by atoms with van der Waals surface area (Å²) < 4.78 is 50.4. The van der Waals surface area contributed by atoms with Gasteiger partial charge in [-0.3, -0.25) is 9.59 Å². The first-order valence-electron chi connectivity index (χ1n) is 7.48. The van der Waals surface area contributed by atoms with E-state index >= 15 is 0 Å². The zero-order chi connectivity index (χ0) is 17.9. The van der Waals surface area contributed by atoms with Crippen LogP contribution in [0.5, 0.6) is 0 Å². The standard InChI is InChI=1S/C16H18F4N2O2/c1-22-12(23)8-7-11(13(22)10-5-3-2-4-6-10)14(24)21-9-16(19,20)15(17)18/h2-6,11,13,15H,7-9H2,1H3,(H,21,24)/t11-,13+/m0/s1. The summed E-state index contributed by atoms with van der Waals surface area (Å²) in [5.74, 6) is -5.98. The summed E-state index contributed by atoms with van der Waals surface area (Å²) in [5, 5.41) is 1.90. The number of piperidine rings is 1. The third-order valence-corrected chi connectivity index (χ3v) is 4.16. The molecule has 0 radical (unpaired) electrons. The van der Waals surface area contributed by atoms with Crippen molar-refractivity contribution < 1.29 is 27.2 Å². The van der Waals surface area contributed by atoms with E-state index in [4.69, 9.17) is 0 Å². The highest BCUT2D eigenvalue weighted by Crippen LogP contribution is 2.36. The summed E-state index contributed by atoms with van der Waals surface area (Å²) in [6, 6.07) is 8.09. The number of carbonyl (C=O) groups is 2. The zero-order valence-corrected chi connectivity index (χ0v) is 13.0. The quantitative estimate of drug-likeness (QED) is 0.834. The summed E-state index contributed by atoms with van der Waals surface area (Å²) in [6.45, 7) is -1.43. The lowest BCUT2D eigenvalue weighted by Crippen LogP contribution is -2.49. The second-order valence-electron chi connectivity index (χ2n) is 5.78. The van der Waals surface area contributed by atoms with E-state index in [-0.39, 0.29) is 18.7 Å². The van der Waals surface area contributed by atoms with Gasteiger partial charge >= 0.3 is 12.3 Å². The first-order chi connectivity index (χ1) is 11.2. The average Bonchev–Trinajstić information content (AvgIpc) is 2.55. The van der Waals surface area contributed by atoms with Crippen molar-refractivity contribution in [2.75, 3.05) is 13.6 Å². The number of amides is 2. The van der Waals surface area contributed by atoms with E-state index in [0.29, 0.717) is 5.56 Å². The molecule has 1 fully saturated rings. The van der Waals surface area contributed by atoms with Crippen LogP contribution in [0.2, 0.25) is 0 Å². The molecule has 2 rings (SSSR count). The average molecular weight is 346 g/mol. The highest BCUT2D eigenvalue weighted by molar-refractivity contribution is 5.84. The SMILES string of the molecule is CN1C(=O)CC[C@H](C(=O)NCC(F)(F)C(F)F)[C@H]1c1ccccc1. The number of alkyl halides is 4. The smallest absolute Gasteiger partial charge is 0.324 e. The van der Waals surface area contributed by atoms with Crippen LogP contribution in [0.15, 0.2) is 30.3 Å². The Morgan fingerprint density at radius 3 is 2.54 bits per heavy atom. The normalized spacial score (nSPS) is 21.9. The number of nitrogens with zero attached hydrogens (tertiary/aromatic N) is 1. The van der Waals surface area contributed by atoms with Crippen molar-refractivity contribution in [2.24, 2.45) is 5.92 Å². The molecule has 1 aliphatic rings. The highest BCUT2D eigenvalue weighted by Gasteiger charge is 2.43. The van der Waals surface area contributed by atoms with Gasteiger partial charge in [0.2, 0.25) is 11.8 Å². The molecule has 0 aromatic heterocycles. The molecule has 1 aliphatic heterocycles. The van der Waals surface area contributed by atoms with Gasteiger partial charge in [0.1, 0.15) is 0 Å². The Morgan fingerprint density at radius 2 is 1.96 bits per heavy atom. The molecular weight excluding hydrogens is 328 g/mol. The van der Waals surface area contributed by atoms with E-state index in [9.17, 15) is 27.2 Å². The third-order valence-electron chi connectivity index (χ3n) is 4.16. The predicted molar refractivity (Wildman–Crippen MR) is 78.6 cm³/mol.